The molecule has 0 saturated carbocycles. The minimum atomic E-state index is -1.42. The topological polar surface area (TPSA) is 99.1 Å². The highest BCUT2D eigenvalue weighted by Crippen LogP contribution is 2.31. The summed E-state index contributed by atoms with van der Waals surface area (Å²) in [4.78, 5) is 37.0. The van der Waals surface area contributed by atoms with Crippen molar-refractivity contribution in [3.63, 3.8) is 0 Å². The van der Waals surface area contributed by atoms with E-state index in [1.807, 2.05) is 0 Å². The van der Waals surface area contributed by atoms with Crippen molar-refractivity contribution in [1.82, 2.24) is 0 Å². The van der Waals surface area contributed by atoms with Crippen LogP contribution in [0.15, 0.2) is 42.5 Å². The van der Waals surface area contributed by atoms with E-state index in [2.05, 4.69) is 13.2 Å². The molecule has 0 spiro atoms. The lowest BCUT2D eigenvalue weighted by Crippen LogP contribution is -2.28. The lowest BCUT2D eigenvalue weighted by molar-refractivity contribution is -0.139. The Morgan fingerprint density at radius 3 is 1.92 bits per heavy atom. The quantitative estimate of drug-likeness (QED) is 0.409. The van der Waals surface area contributed by atoms with Crippen molar-refractivity contribution in [1.29, 1.82) is 0 Å². The van der Waals surface area contributed by atoms with Gasteiger partial charge in [0.2, 0.25) is 0 Å². The summed E-state index contributed by atoms with van der Waals surface area (Å²) in [5, 5.41) is 10.1. The first-order valence-corrected chi connectivity index (χ1v) is 7.91. The molecule has 0 bridgehead atoms. The summed E-state index contributed by atoms with van der Waals surface area (Å²) in [6.07, 6.45) is 0. The van der Waals surface area contributed by atoms with Gasteiger partial charge in [-0.15, -0.1) is 0 Å². The maximum atomic E-state index is 12.9. The largest absolute Gasteiger partial charge is 0.507 e. The zero-order valence-electron chi connectivity index (χ0n) is 15.0. The Bertz CT molecular complexity index is 703. The van der Waals surface area contributed by atoms with E-state index in [1.165, 1.54) is 25.3 Å². The predicted octanol–water partition coefficient (Wildman–Crippen LogP) is 2.44. The number of carbonyl (C=O) groups excluding carboxylic acids is 3. The van der Waals surface area contributed by atoms with Crippen LogP contribution in [0.2, 0.25) is 0 Å². The van der Waals surface area contributed by atoms with E-state index >= 15 is 0 Å². The van der Waals surface area contributed by atoms with E-state index in [1.54, 1.807) is 13.8 Å². The van der Waals surface area contributed by atoms with Crippen LogP contribution >= 0.6 is 0 Å². The third-order valence-corrected chi connectivity index (χ3v) is 3.50. The smallest absolute Gasteiger partial charge is 0.334 e. The van der Waals surface area contributed by atoms with E-state index in [-0.39, 0.29) is 35.7 Å². The van der Waals surface area contributed by atoms with Gasteiger partial charge in [0.05, 0.1) is 31.8 Å². The van der Waals surface area contributed by atoms with Gasteiger partial charge in [-0.3, -0.25) is 4.79 Å². The number of aromatic hydroxyl groups is 1. The maximum absolute atomic E-state index is 12.9. The van der Waals surface area contributed by atoms with Crippen LogP contribution in [0.4, 0.5) is 0 Å². The summed E-state index contributed by atoms with van der Waals surface area (Å²) in [6, 6.07) is 4.02. The number of hydrogen-bond donors (Lipinski definition) is 1. The first kappa shape index (κ1) is 21.0. The monoisotopic (exact) mass is 362 g/mol. The number of rotatable bonds is 9. The lowest BCUT2D eigenvalue weighted by atomic mass is 9.85. The maximum Gasteiger partial charge on any atom is 0.334 e. The predicted molar refractivity (Wildman–Crippen MR) is 94.0 cm³/mol. The van der Waals surface area contributed by atoms with Gasteiger partial charge >= 0.3 is 11.9 Å². The molecule has 7 nitrogen and oxygen atoms in total. The van der Waals surface area contributed by atoms with E-state index in [9.17, 15) is 19.5 Å². The van der Waals surface area contributed by atoms with E-state index in [4.69, 9.17) is 14.2 Å². The Morgan fingerprint density at radius 1 is 1.04 bits per heavy atom. The SMILES string of the molecule is C=C(C(=O)OCC)C(C(=C)C(=O)OCC)C(=O)c1ccc(OC)cc1O. The van der Waals surface area contributed by atoms with Crippen LogP contribution < -0.4 is 4.74 Å². The third-order valence-electron chi connectivity index (χ3n) is 3.50. The minimum absolute atomic E-state index is 0.0679. The molecule has 1 rings (SSSR count). The lowest BCUT2D eigenvalue weighted by Gasteiger charge is -2.19. The molecule has 0 radical (unpaired) electrons. The number of ketones is 1. The highest BCUT2D eigenvalue weighted by Gasteiger charge is 2.35. The van der Waals surface area contributed by atoms with Gasteiger partial charge in [0.15, 0.2) is 5.78 Å². The first-order valence-electron chi connectivity index (χ1n) is 7.91. The van der Waals surface area contributed by atoms with Crippen LogP contribution in [-0.4, -0.2) is 43.2 Å². The Balaban J connectivity index is 3.32. The molecule has 0 unspecified atom stereocenters. The molecule has 0 heterocycles. The first-order chi connectivity index (χ1) is 12.3. The normalized spacial score (nSPS) is 10.2. The number of Topliss-reactive ketones (excluding diaryl/α,β-unsaturated/α-hetero) is 1. The van der Waals surface area contributed by atoms with Crippen molar-refractivity contribution in [3.05, 3.63) is 48.1 Å². The average molecular weight is 362 g/mol. The van der Waals surface area contributed by atoms with Gasteiger partial charge in [0, 0.05) is 17.2 Å². The highest BCUT2D eigenvalue weighted by atomic mass is 16.5. The molecule has 140 valence electrons. The van der Waals surface area contributed by atoms with Crippen LogP contribution in [0.1, 0.15) is 24.2 Å². The standard InChI is InChI=1S/C19H22O7/c1-6-25-18(22)11(3)16(12(4)19(23)26-7-2)17(21)14-9-8-13(24-5)10-15(14)20/h8-10,16,20H,3-4,6-7H2,1-2,5H3. The van der Waals surface area contributed by atoms with Gasteiger partial charge in [0.25, 0.3) is 0 Å². The zero-order chi connectivity index (χ0) is 19.9. The summed E-state index contributed by atoms with van der Waals surface area (Å²) in [6.45, 7) is 10.5. The number of carbonyl (C=O) groups is 3. The van der Waals surface area contributed by atoms with E-state index in [0.717, 1.165) is 0 Å². The van der Waals surface area contributed by atoms with Crippen LogP contribution in [0.3, 0.4) is 0 Å². The van der Waals surface area contributed by atoms with Crippen LogP contribution in [0.25, 0.3) is 0 Å². The molecule has 0 fully saturated rings. The molecule has 0 aliphatic carbocycles. The summed E-state index contributed by atoms with van der Waals surface area (Å²) < 4.78 is 14.7. The Labute approximate surface area is 151 Å². The molecule has 26 heavy (non-hydrogen) atoms. The molecule has 0 atom stereocenters. The van der Waals surface area contributed by atoms with E-state index < -0.39 is 23.6 Å². The van der Waals surface area contributed by atoms with Gasteiger partial charge in [-0.05, 0) is 26.0 Å². The molecule has 1 aromatic carbocycles. The fourth-order valence-corrected chi connectivity index (χ4v) is 2.21. The average Bonchev–Trinajstić information content (AvgIpc) is 2.61. The third kappa shape index (κ3) is 4.72. The second-order valence-electron chi connectivity index (χ2n) is 5.17. The number of ether oxygens (including phenoxy) is 3. The fourth-order valence-electron chi connectivity index (χ4n) is 2.21. The van der Waals surface area contributed by atoms with Crippen LogP contribution in [0, 0.1) is 5.92 Å². The summed E-state index contributed by atoms with van der Waals surface area (Å²) >= 11 is 0. The van der Waals surface area contributed by atoms with Gasteiger partial charge in [0.1, 0.15) is 11.5 Å². The molecule has 0 saturated heterocycles. The number of hydrogen-bond acceptors (Lipinski definition) is 7. The number of benzene rings is 1. The summed E-state index contributed by atoms with van der Waals surface area (Å²) in [5.74, 6) is -3.88. The molecule has 1 N–H and O–H groups in total. The molecule has 0 aromatic heterocycles. The molecule has 0 aliphatic heterocycles. The summed E-state index contributed by atoms with van der Waals surface area (Å²) in [7, 11) is 1.41. The number of methoxy groups -OCH3 is 1. The fraction of sp³-hybridized carbons (Fsp3) is 0.316. The number of phenolic OH excluding ortho intramolecular Hbond substituents is 1. The number of esters is 2. The minimum Gasteiger partial charge on any atom is -0.507 e. The van der Waals surface area contributed by atoms with Gasteiger partial charge in [-0.25, -0.2) is 9.59 Å². The molecule has 0 aliphatic rings. The summed E-state index contributed by atoms with van der Waals surface area (Å²) in [5.41, 5.74) is -0.665. The van der Waals surface area contributed by atoms with E-state index in [0.29, 0.717) is 5.75 Å². The van der Waals surface area contributed by atoms with Crippen molar-refractivity contribution >= 4 is 17.7 Å². The second kappa shape index (κ2) is 9.41. The molecular formula is C19H22O7. The van der Waals surface area contributed by atoms with Crippen molar-refractivity contribution < 1.29 is 33.7 Å². The molecule has 1 aromatic rings. The molecule has 7 heteroatoms. The Hall–Kier alpha value is -3.09. The van der Waals surface area contributed by atoms with Crippen molar-refractivity contribution in [3.8, 4) is 11.5 Å². The zero-order valence-corrected chi connectivity index (χ0v) is 15.0. The van der Waals surface area contributed by atoms with Gasteiger partial charge < -0.3 is 19.3 Å². The molecular weight excluding hydrogens is 340 g/mol. The Morgan fingerprint density at radius 2 is 1.54 bits per heavy atom. The highest BCUT2D eigenvalue weighted by molar-refractivity contribution is 6.12. The van der Waals surface area contributed by atoms with Crippen molar-refractivity contribution in [2.45, 2.75) is 13.8 Å². The molecule has 0 amide bonds. The van der Waals surface area contributed by atoms with Crippen molar-refractivity contribution in [2.75, 3.05) is 20.3 Å². The number of phenols is 1. The van der Waals surface area contributed by atoms with Gasteiger partial charge in [-0.1, -0.05) is 13.2 Å². The van der Waals surface area contributed by atoms with Crippen molar-refractivity contribution in [2.24, 2.45) is 5.92 Å². The van der Waals surface area contributed by atoms with Crippen LogP contribution in [0.5, 0.6) is 11.5 Å². The van der Waals surface area contributed by atoms with Gasteiger partial charge in [-0.2, -0.15) is 0 Å². The Kier molecular flexibility index (Phi) is 7.58. The van der Waals surface area contributed by atoms with Crippen LogP contribution in [-0.2, 0) is 19.1 Å². The second-order valence-corrected chi connectivity index (χ2v) is 5.17.